The summed E-state index contributed by atoms with van der Waals surface area (Å²) >= 11 is 0. The fourth-order valence-electron chi connectivity index (χ4n) is 2.83. The molecule has 10 heteroatoms. The van der Waals surface area contributed by atoms with Crippen LogP contribution in [-0.2, 0) is 16.6 Å². The van der Waals surface area contributed by atoms with Crippen molar-refractivity contribution in [2.45, 2.75) is 32.3 Å². The van der Waals surface area contributed by atoms with Crippen molar-refractivity contribution in [3.63, 3.8) is 0 Å². The molecule has 2 aromatic carbocycles. The maximum Gasteiger partial charge on any atom is 0.259 e. The Kier molecular flexibility index (Phi) is 6.42. The van der Waals surface area contributed by atoms with Gasteiger partial charge >= 0.3 is 0 Å². The molecule has 0 aliphatic rings. The van der Waals surface area contributed by atoms with Gasteiger partial charge in [0.2, 0.25) is 21.7 Å². The zero-order valence-corrected chi connectivity index (χ0v) is 18.8. The summed E-state index contributed by atoms with van der Waals surface area (Å²) in [6, 6.07) is 9.78. The molecule has 3 aromatic rings. The molecule has 0 aliphatic heterocycles. The molecular weight excluding hydrogens is 420 g/mol. The summed E-state index contributed by atoms with van der Waals surface area (Å²) in [5.41, 5.74) is 2.22. The summed E-state index contributed by atoms with van der Waals surface area (Å²) in [7, 11) is -0.730. The summed E-state index contributed by atoms with van der Waals surface area (Å²) in [4.78, 5) is 17.2. The normalized spacial score (nSPS) is 11.5. The highest BCUT2D eigenvalue weighted by Gasteiger charge is 2.21. The van der Waals surface area contributed by atoms with Crippen molar-refractivity contribution in [1.29, 1.82) is 0 Å². The number of hydrogen-bond donors (Lipinski definition) is 1. The Hall–Kier alpha value is -3.24. The van der Waals surface area contributed by atoms with Crippen molar-refractivity contribution in [3.8, 4) is 5.75 Å². The molecule has 0 saturated heterocycles. The Morgan fingerprint density at radius 2 is 1.87 bits per heavy atom. The highest BCUT2D eigenvalue weighted by atomic mass is 32.2. The number of carbonyl (C=O) groups is 1. The molecule has 31 heavy (non-hydrogen) atoms. The molecule has 0 fully saturated rings. The maximum absolute atomic E-state index is 13.0. The number of sulfonamides is 1. The molecule has 1 aromatic heterocycles. The minimum atomic E-state index is -3.65. The van der Waals surface area contributed by atoms with Gasteiger partial charge in [-0.1, -0.05) is 17.3 Å². The predicted octanol–water partition coefficient (Wildman–Crippen LogP) is 3.08. The van der Waals surface area contributed by atoms with Gasteiger partial charge in [0.05, 0.1) is 10.5 Å². The van der Waals surface area contributed by atoms with Crippen LogP contribution in [0.2, 0.25) is 0 Å². The zero-order valence-electron chi connectivity index (χ0n) is 18.0. The zero-order chi connectivity index (χ0) is 22.8. The quantitative estimate of drug-likeness (QED) is 0.595. The molecule has 3 rings (SSSR count). The molecule has 1 heterocycles. The minimum Gasteiger partial charge on any atom is -0.485 e. The highest BCUT2D eigenvalue weighted by molar-refractivity contribution is 7.89. The molecule has 1 N–H and O–H groups in total. The molecule has 0 unspecified atom stereocenters. The van der Waals surface area contributed by atoms with Crippen LogP contribution in [0.1, 0.15) is 33.2 Å². The first kappa shape index (κ1) is 22.4. The summed E-state index contributed by atoms with van der Waals surface area (Å²) < 4.78 is 36.9. The van der Waals surface area contributed by atoms with E-state index in [9.17, 15) is 13.2 Å². The number of nitrogens with zero attached hydrogens (tertiary/aromatic N) is 3. The topological polar surface area (TPSA) is 115 Å². The Morgan fingerprint density at radius 1 is 1.16 bits per heavy atom. The average molecular weight is 445 g/mol. The van der Waals surface area contributed by atoms with Gasteiger partial charge in [0.25, 0.3) is 5.91 Å². The van der Waals surface area contributed by atoms with Gasteiger partial charge in [-0.25, -0.2) is 12.7 Å². The van der Waals surface area contributed by atoms with Crippen LogP contribution in [0.4, 0.5) is 5.69 Å². The van der Waals surface area contributed by atoms with Crippen LogP contribution in [0.25, 0.3) is 0 Å². The van der Waals surface area contributed by atoms with E-state index in [1.165, 1.54) is 20.2 Å². The lowest BCUT2D eigenvalue weighted by molar-refractivity contribution is 0.102. The molecule has 0 spiro atoms. The predicted molar refractivity (Wildman–Crippen MR) is 115 cm³/mol. The van der Waals surface area contributed by atoms with E-state index in [4.69, 9.17) is 9.26 Å². The number of ether oxygens (including phenoxy) is 1. The van der Waals surface area contributed by atoms with Crippen molar-refractivity contribution in [2.24, 2.45) is 0 Å². The van der Waals surface area contributed by atoms with E-state index < -0.39 is 15.9 Å². The van der Waals surface area contributed by atoms with Crippen molar-refractivity contribution >= 4 is 21.6 Å². The summed E-state index contributed by atoms with van der Waals surface area (Å²) in [6.45, 7) is 5.32. The van der Waals surface area contributed by atoms with Gasteiger partial charge in [-0.15, -0.1) is 0 Å². The summed E-state index contributed by atoms with van der Waals surface area (Å²) in [5, 5.41) is 6.58. The Labute approximate surface area is 181 Å². The van der Waals surface area contributed by atoms with Gasteiger partial charge in [-0.2, -0.15) is 4.98 Å². The largest absolute Gasteiger partial charge is 0.485 e. The third kappa shape index (κ3) is 4.92. The Balaban J connectivity index is 1.87. The van der Waals surface area contributed by atoms with Gasteiger partial charge in [0.15, 0.2) is 6.61 Å². The number of aromatic nitrogens is 2. The smallest absolute Gasteiger partial charge is 0.259 e. The van der Waals surface area contributed by atoms with Crippen molar-refractivity contribution in [2.75, 3.05) is 19.4 Å². The van der Waals surface area contributed by atoms with Gasteiger partial charge in [0, 0.05) is 26.7 Å². The molecule has 0 saturated carbocycles. The third-order valence-corrected chi connectivity index (χ3v) is 6.52. The third-order valence-electron chi connectivity index (χ3n) is 4.73. The van der Waals surface area contributed by atoms with Crippen molar-refractivity contribution in [1.82, 2.24) is 14.4 Å². The Morgan fingerprint density at radius 3 is 2.52 bits per heavy atom. The van der Waals surface area contributed by atoms with E-state index in [1.54, 1.807) is 44.2 Å². The minimum absolute atomic E-state index is 0.0380. The van der Waals surface area contributed by atoms with Gasteiger partial charge in [0.1, 0.15) is 5.75 Å². The molecule has 0 bridgehead atoms. The van der Waals surface area contributed by atoms with Crippen LogP contribution in [0.3, 0.4) is 0 Å². The van der Waals surface area contributed by atoms with Gasteiger partial charge in [-0.05, 0) is 49.2 Å². The first-order valence-electron chi connectivity index (χ1n) is 9.45. The van der Waals surface area contributed by atoms with Crippen LogP contribution in [0, 0.1) is 20.8 Å². The maximum atomic E-state index is 13.0. The molecular formula is C21H24N4O5S. The fourth-order valence-corrected chi connectivity index (χ4v) is 3.84. The second kappa shape index (κ2) is 8.86. The fraction of sp³-hybridized carbons (Fsp3) is 0.286. The molecule has 0 radical (unpaired) electrons. The molecule has 164 valence electrons. The van der Waals surface area contributed by atoms with E-state index in [-0.39, 0.29) is 11.5 Å². The second-order valence-corrected chi connectivity index (χ2v) is 9.32. The van der Waals surface area contributed by atoms with E-state index in [1.807, 2.05) is 6.92 Å². The van der Waals surface area contributed by atoms with Crippen LogP contribution in [0.5, 0.6) is 5.75 Å². The van der Waals surface area contributed by atoms with Crippen LogP contribution in [-0.4, -0.2) is 42.9 Å². The number of nitrogens with one attached hydrogen (secondary N) is 1. The number of aryl methyl sites for hydroxylation is 2. The number of benzene rings is 2. The number of para-hydroxylation sites is 1. The van der Waals surface area contributed by atoms with E-state index in [0.29, 0.717) is 28.7 Å². The van der Waals surface area contributed by atoms with Crippen LogP contribution in [0.15, 0.2) is 45.8 Å². The SMILES string of the molecule is Cc1nc(COc2ccccc2C(=O)Nc2cc(S(=O)(=O)N(C)C)cc(C)c2C)no1. The van der Waals surface area contributed by atoms with Gasteiger partial charge in [-0.3, -0.25) is 4.79 Å². The van der Waals surface area contributed by atoms with Crippen molar-refractivity contribution < 1.29 is 22.5 Å². The number of carbonyl (C=O) groups excluding carboxylic acids is 1. The van der Waals surface area contributed by atoms with E-state index in [2.05, 4.69) is 15.5 Å². The molecule has 9 nitrogen and oxygen atoms in total. The first-order valence-corrected chi connectivity index (χ1v) is 10.9. The van der Waals surface area contributed by atoms with Crippen molar-refractivity contribution in [3.05, 3.63) is 64.8 Å². The lowest BCUT2D eigenvalue weighted by Crippen LogP contribution is -2.23. The molecule has 0 atom stereocenters. The summed E-state index contributed by atoms with van der Waals surface area (Å²) in [5.74, 6) is 0.694. The lowest BCUT2D eigenvalue weighted by atomic mass is 10.1. The summed E-state index contributed by atoms with van der Waals surface area (Å²) in [6.07, 6.45) is 0. The standard InChI is InChI=1S/C21H24N4O5S/c1-13-10-16(31(27,28)25(4)5)11-18(14(13)2)23-21(26)17-8-6-7-9-19(17)29-12-20-22-15(3)30-24-20/h6-11H,12H2,1-5H3,(H,23,26). The average Bonchev–Trinajstić information content (AvgIpc) is 3.14. The van der Waals surface area contributed by atoms with Crippen LogP contribution < -0.4 is 10.1 Å². The van der Waals surface area contributed by atoms with E-state index in [0.717, 1.165) is 15.4 Å². The number of hydrogen-bond acceptors (Lipinski definition) is 7. The van der Waals surface area contributed by atoms with Crippen LogP contribution >= 0.6 is 0 Å². The monoisotopic (exact) mass is 444 g/mol. The molecule has 1 amide bonds. The first-order chi connectivity index (χ1) is 14.6. The molecule has 0 aliphatic carbocycles. The number of amides is 1. The highest BCUT2D eigenvalue weighted by Crippen LogP contribution is 2.27. The van der Waals surface area contributed by atoms with E-state index >= 15 is 0 Å². The van der Waals surface area contributed by atoms with Gasteiger partial charge < -0.3 is 14.6 Å². The number of anilines is 1. The lowest BCUT2D eigenvalue weighted by Gasteiger charge is -2.17. The Bertz CT molecular complexity index is 1220. The second-order valence-electron chi connectivity index (χ2n) is 7.17. The number of rotatable bonds is 7.